The quantitative estimate of drug-likeness (QED) is 0.747. The van der Waals surface area contributed by atoms with E-state index in [9.17, 15) is 4.79 Å². The molecule has 1 heterocycles. The van der Waals surface area contributed by atoms with E-state index >= 15 is 0 Å². The predicted octanol–water partition coefficient (Wildman–Crippen LogP) is 3.57. The van der Waals surface area contributed by atoms with E-state index in [4.69, 9.17) is 4.74 Å². The summed E-state index contributed by atoms with van der Waals surface area (Å²) in [5.74, 6) is 0. The van der Waals surface area contributed by atoms with Crippen LogP contribution in [0.2, 0.25) is 0 Å². The van der Waals surface area contributed by atoms with E-state index < -0.39 is 0 Å². The molecule has 0 spiro atoms. The van der Waals surface area contributed by atoms with Gasteiger partial charge in [-0.05, 0) is 44.8 Å². The minimum absolute atomic E-state index is 0.320. The van der Waals surface area contributed by atoms with E-state index in [1.165, 1.54) is 38.6 Å². The van der Waals surface area contributed by atoms with Gasteiger partial charge in [0.2, 0.25) is 0 Å². The highest BCUT2D eigenvalue weighted by molar-refractivity contribution is 5.67. The summed E-state index contributed by atoms with van der Waals surface area (Å²) < 4.78 is 5.17. The summed E-state index contributed by atoms with van der Waals surface area (Å²) in [6, 6.07) is 10.5. The normalized spacial score (nSPS) is 18.3. The van der Waals surface area contributed by atoms with Crippen molar-refractivity contribution in [1.29, 1.82) is 0 Å². The maximum atomic E-state index is 11.6. The van der Waals surface area contributed by atoms with Gasteiger partial charge >= 0.3 is 6.09 Å². The second-order valence-corrected chi connectivity index (χ2v) is 6.11. The first-order valence-electron chi connectivity index (χ1n) is 8.40. The number of likely N-dealkylation sites (tertiary alicyclic amines) is 1. The maximum Gasteiger partial charge on any atom is 0.407 e. The summed E-state index contributed by atoms with van der Waals surface area (Å²) >= 11 is 0. The van der Waals surface area contributed by atoms with Crippen molar-refractivity contribution in [2.75, 3.05) is 20.1 Å². The van der Waals surface area contributed by atoms with Crippen LogP contribution in [-0.4, -0.2) is 37.2 Å². The highest BCUT2D eigenvalue weighted by Gasteiger charge is 2.19. The van der Waals surface area contributed by atoms with Crippen LogP contribution in [0.4, 0.5) is 4.79 Å². The summed E-state index contributed by atoms with van der Waals surface area (Å²) in [5, 5.41) is 2.82. The Balaban J connectivity index is 1.45. The molecule has 0 aliphatic carbocycles. The average Bonchev–Trinajstić information content (AvgIpc) is 2.95. The van der Waals surface area contributed by atoms with Gasteiger partial charge in [0.25, 0.3) is 0 Å². The number of alkyl carbamates (subject to hydrolysis) is 1. The monoisotopic (exact) mass is 304 g/mol. The van der Waals surface area contributed by atoms with Crippen molar-refractivity contribution in [2.24, 2.45) is 0 Å². The molecule has 1 saturated heterocycles. The van der Waals surface area contributed by atoms with E-state index in [0.29, 0.717) is 13.2 Å². The molecule has 22 heavy (non-hydrogen) atoms. The van der Waals surface area contributed by atoms with Crippen molar-refractivity contribution in [3.63, 3.8) is 0 Å². The smallest absolute Gasteiger partial charge is 0.407 e. The van der Waals surface area contributed by atoms with Crippen molar-refractivity contribution in [3.05, 3.63) is 35.9 Å². The van der Waals surface area contributed by atoms with Gasteiger partial charge in [-0.1, -0.05) is 43.2 Å². The lowest BCUT2D eigenvalue weighted by molar-refractivity contribution is 0.139. The number of nitrogens with one attached hydrogen (secondary N) is 1. The molecule has 1 atom stereocenters. The van der Waals surface area contributed by atoms with Crippen LogP contribution in [0, 0.1) is 0 Å². The standard InChI is InChI=1S/C18H28N2O2/c1-20-14-8-12-17(20)11-6-3-7-13-19-18(21)22-15-16-9-4-2-5-10-16/h2,4-5,9-10,17H,3,6-8,11-15H2,1H3,(H,19,21). The molecule has 0 bridgehead atoms. The molecule has 1 N–H and O–H groups in total. The van der Waals surface area contributed by atoms with Gasteiger partial charge in [-0.2, -0.15) is 0 Å². The molecule has 122 valence electrons. The lowest BCUT2D eigenvalue weighted by Crippen LogP contribution is -2.26. The molecule has 1 aromatic rings. The van der Waals surface area contributed by atoms with E-state index in [-0.39, 0.29) is 6.09 Å². The number of carbonyl (C=O) groups excluding carboxylic acids is 1. The fourth-order valence-electron chi connectivity index (χ4n) is 2.99. The van der Waals surface area contributed by atoms with Crippen molar-refractivity contribution < 1.29 is 9.53 Å². The van der Waals surface area contributed by atoms with Crippen molar-refractivity contribution in [1.82, 2.24) is 10.2 Å². The van der Waals surface area contributed by atoms with Gasteiger partial charge in [-0.3, -0.25) is 0 Å². The van der Waals surface area contributed by atoms with Gasteiger partial charge in [0, 0.05) is 12.6 Å². The minimum atomic E-state index is -0.320. The number of ether oxygens (including phenoxy) is 1. The van der Waals surface area contributed by atoms with E-state index in [2.05, 4.69) is 17.3 Å². The summed E-state index contributed by atoms with van der Waals surface area (Å²) in [6.07, 6.45) is 7.10. The number of unbranched alkanes of at least 4 members (excludes halogenated alkanes) is 2. The number of hydrogen-bond acceptors (Lipinski definition) is 3. The van der Waals surface area contributed by atoms with Gasteiger partial charge in [0.05, 0.1) is 0 Å². The number of rotatable bonds is 8. The van der Waals surface area contributed by atoms with Crippen LogP contribution < -0.4 is 5.32 Å². The van der Waals surface area contributed by atoms with E-state index in [1.54, 1.807) is 0 Å². The molecular weight excluding hydrogens is 276 g/mol. The Labute approximate surface area is 133 Å². The molecule has 0 aromatic heterocycles. The number of amides is 1. The van der Waals surface area contributed by atoms with Crippen LogP contribution in [0.3, 0.4) is 0 Å². The lowest BCUT2D eigenvalue weighted by atomic mass is 10.1. The minimum Gasteiger partial charge on any atom is -0.445 e. The zero-order chi connectivity index (χ0) is 15.6. The zero-order valence-corrected chi connectivity index (χ0v) is 13.6. The summed E-state index contributed by atoms with van der Waals surface area (Å²) in [5.41, 5.74) is 1.01. The highest BCUT2D eigenvalue weighted by atomic mass is 16.5. The molecule has 4 heteroatoms. The highest BCUT2D eigenvalue weighted by Crippen LogP contribution is 2.20. The first-order valence-corrected chi connectivity index (χ1v) is 8.40. The molecule has 0 saturated carbocycles. The fraction of sp³-hybridized carbons (Fsp3) is 0.611. The first kappa shape index (κ1) is 16.8. The van der Waals surface area contributed by atoms with Crippen LogP contribution in [0.25, 0.3) is 0 Å². The number of benzene rings is 1. The first-order chi connectivity index (χ1) is 10.8. The van der Waals surface area contributed by atoms with Gasteiger partial charge in [-0.15, -0.1) is 0 Å². The zero-order valence-electron chi connectivity index (χ0n) is 13.6. The largest absolute Gasteiger partial charge is 0.445 e. The number of nitrogens with zero attached hydrogens (tertiary/aromatic N) is 1. The Bertz CT molecular complexity index is 436. The Morgan fingerprint density at radius 3 is 2.82 bits per heavy atom. The molecule has 1 unspecified atom stereocenters. The molecule has 2 rings (SSSR count). The topological polar surface area (TPSA) is 41.6 Å². The molecule has 1 aliphatic rings. The molecule has 0 radical (unpaired) electrons. The molecule has 4 nitrogen and oxygen atoms in total. The number of hydrogen-bond donors (Lipinski definition) is 1. The predicted molar refractivity (Wildman–Crippen MR) is 88.7 cm³/mol. The third kappa shape index (κ3) is 6.06. The SMILES string of the molecule is CN1CCCC1CCCCCNC(=O)OCc1ccccc1. The summed E-state index contributed by atoms with van der Waals surface area (Å²) in [4.78, 5) is 14.0. The molecular formula is C18H28N2O2. The van der Waals surface area contributed by atoms with E-state index in [1.807, 2.05) is 30.3 Å². The van der Waals surface area contributed by atoms with Crippen molar-refractivity contribution in [2.45, 2.75) is 51.2 Å². The van der Waals surface area contributed by atoms with E-state index in [0.717, 1.165) is 18.0 Å². The van der Waals surface area contributed by atoms with Crippen molar-refractivity contribution >= 4 is 6.09 Å². The van der Waals surface area contributed by atoms with Crippen molar-refractivity contribution in [3.8, 4) is 0 Å². The Hall–Kier alpha value is -1.55. The summed E-state index contributed by atoms with van der Waals surface area (Å²) in [7, 11) is 2.22. The van der Waals surface area contributed by atoms with Gasteiger partial charge in [0.15, 0.2) is 0 Å². The second-order valence-electron chi connectivity index (χ2n) is 6.11. The fourth-order valence-corrected chi connectivity index (χ4v) is 2.99. The Kier molecular flexibility index (Phi) is 7.23. The Morgan fingerprint density at radius 1 is 1.27 bits per heavy atom. The maximum absolute atomic E-state index is 11.6. The van der Waals surface area contributed by atoms with Crippen LogP contribution in [0.5, 0.6) is 0 Å². The summed E-state index contributed by atoms with van der Waals surface area (Å²) in [6.45, 7) is 2.29. The van der Waals surface area contributed by atoms with Crippen LogP contribution in [0.15, 0.2) is 30.3 Å². The third-order valence-corrected chi connectivity index (χ3v) is 4.37. The molecule has 1 aromatic carbocycles. The Morgan fingerprint density at radius 2 is 2.09 bits per heavy atom. The van der Waals surface area contributed by atoms with Gasteiger partial charge in [-0.25, -0.2) is 4.79 Å². The molecule has 1 aliphatic heterocycles. The molecule has 1 amide bonds. The van der Waals surface area contributed by atoms with Gasteiger partial charge in [0.1, 0.15) is 6.61 Å². The molecule has 1 fully saturated rings. The van der Waals surface area contributed by atoms with Gasteiger partial charge < -0.3 is 15.0 Å². The van der Waals surface area contributed by atoms with Crippen LogP contribution in [-0.2, 0) is 11.3 Å². The average molecular weight is 304 g/mol. The number of carbonyl (C=O) groups is 1. The third-order valence-electron chi connectivity index (χ3n) is 4.37. The lowest BCUT2D eigenvalue weighted by Gasteiger charge is -2.18. The van der Waals surface area contributed by atoms with Crippen LogP contribution >= 0.6 is 0 Å². The second kappa shape index (κ2) is 9.46. The van der Waals surface area contributed by atoms with Crippen LogP contribution in [0.1, 0.15) is 44.1 Å².